The molecule has 1 saturated heterocycles. The summed E-state index contributed by atoms with van der Waals surface area (Å²) in [5, 5.41) is 1.19. The molecule has 0 spiro atoms. The van der Waals surface area contributed by atoms with Gasteiger partial charge in [-0.05, 0) is 86.5 Å². The number of ether oxygens (including phenoxy) is 1. The maximum absolute atomic E-state index is 5.49. The third kappa shape index (κ3) is 4.67. The summed E-state index contributed by atoms with van der Waals surface area (Å²) in [6.45, 7) is 5.74. The first kappa shape index (κ1) is 21.4. The summed E-state index contributed by atoms with van der Waals surface area (Å²) < 4.78 is 5.49. The fourth-order valence-corrected chi connectivity index (χ4v) is 5.56. The van der Waals surface area contributed by atoms with Crippen LogP contribution >= 0.6 is 0 Å². The number of methoxy groups -OCH3 is 1. The molecule has 0 N–H and O–H groups in total. The van der Waals surface area contributed by atoms with Crippen molar-refractivity contribution in [3.05, 3.63) is 71.4 Å². The number of fused-ring (bicyclic) bond motifs is 1. The molecular formula is C28H35N3O. The molecule has 1 aliphatic carbocycles. The molecule has 168 valence electrons. The smallest absolute Gasteiger partial charge is 0.145 e. The van der Waals surface area contributed by atoms with Crippen molar-refractivity contribution in [2.45, 2.75) is 44.7 Å². The van der Waals surface area contributed by atoms with Crippen molar-refractivity contribution in [1.82, 2.24) is 14.8 Å². The molecule has 2 fully saturated rings. The number of hydrogen-bond donors (Lipinski definition) is 0. The van der Waals surface area contributed by atoms with Crippen LogP contribution in [0.3, 0.4) is 0 Å². The van der Waals surface area contributed by atoms with E-state index in [1.54, 1.807) is 7.11 Å². The highest BCUT2D eigenvalue weighted by Crippen LogP contribution is 2.42. The Balaban J connectivity index is 1.13. The topological polar surface area (TPSA) is 28.6 Å². The van der Waals surface area contributed by atoms with Crippen LogP contribution in [0, 0.1) is 5.92 Å². The average molecular weight is 430 g/mol. The second-order valence-corrected chi connectivity index (χ2v) is 9.78. The van der Waals surface area contributed by atoms with E-state index in [4.69, 9.17) is 4.74 Å². The van der Waals surface area contributed by atoms with E-state index in [0.717, 1.165) is 42.7 Å². The largest absolute Gasteiger partial charge is 0.494 e. The minimum absolute atomic E-state index is 0.736. The highest BCUT2D eigenvalue weighted by atomic mass is 16.5. The molecule has 1 aliphatic heterocycles. The van der Waals surface area contributed by atoms with Crippen molar-refractivity contribution in [3.8, 4) is 5.75 Å². The molecule has 2 heterocycles. The molecular weight excluding hydrogens is 394 g/mol. The minimum Gasteiger partial charge on any atom is -0.494 e. The summed E-state index contributed by atoms with van der Waals surface area (Å²) in [5.74, 6) is 2.37. The van der Waals surface area contributed by atoms with E-state index >= 15 is 0 Å². The number of aromatic nitrogens is 1. The fraction of sp³-hybridized carbons (Fsp3) is 0.464. The second kappa shape index (κ2) is 9.60. The van der Waals surface area contributed by atoms with Crippen LogP contribution in [0.5, 0.6) is 5.75 Å². The first-order valence-electron chi connectivity index (χ1n) is 12.1. The van der Waals surface area contributed by atoms with Gasteiger partial charge in [0, 0.05) is 31.2 Å². The summed E-state index contributed by atoms with van der Waals surface area (Å²) >= 11 is 0. The lowest BCUT2D eigenvalue weighted by atomic mass is 9.71. The van der Waals surface area contributed by atoms with E-state index in [-0.39, 0.29) is 0 Å². The summed E-state index contributed by atoms with van der Waals surface area (Å²) in [7, 11) is 3.95. The van der Waals surface area contributed by atoms with Crippen LogP contribution in [0.2, 0.25) is 0 Å². The maximum atomic E-state index is 5.49. The Bertz CT molecular complexity index is 1040. The van der Waals surface area contributed by atoms with E-state index < -0.39 is 0 Å². The third-order valence-corrected chi connectivity index (χ3v) is 7.34. The Kier molecular flexibility index (Phi) is 6.42. The van der Waals surface area contributed by atoms with Gasteiger partial charge in [0.1, 0.15) is 11.3 Å². The third-order valence-electron chi connectivity index (χ3n) is 7.34. The first-order chi connectivity index (χ1) is 15.7. The normalized spacial score (nSPS) is 21.2. The number of rotatable bonds is 8. The number of nitrogens with zero attached hydrogens (tertiary/aromatic N) is 3. The highest BCUT2D eigenvalue weighted by Gasteiger charge is 2.31. The Labute approximate surface area is 192 Å². The minimum atomic E-state index is 0.736. The zero-order valence-corrected chi connectivity index (χ0v) is 19.5. The summed E-state index contributed by atoms with van der Waals surface area (Å²) in [6.07, 6.45) is 7.18. The van der Waals surface area contributed by atoms with Gasteiger partial charge in [0.05, 0.1) is 7.11 Å². The molecule has 0 radical (unpaired) electrons. The van der Waals surface area contributed by atoms with E-state index in [1.807, 2.05) is 18.3 Å². The number of hydrogen-bond acceptors (Lipinski definition) is 4. The molecule has 2 aliphatic rings. The molecule has 5 rings (SSSR count). The monoisotopic (exact) mass is 429 g/mol. The van der Waals surface area contributed by atoms with Gasteiger partial charge >= 0.3 is 0 Å². The van der Waals surface area contributed by atoms with Gasteiger partial charge in [-0.25, -0.2) is 0 Å². The molecule has 0 bridgehead atoms. The molecule has 0 unspecified atom stereocenters. The van der Waals surface area contributed by atoms with Gasteiger partial charge in [-0.1, -0.05) is 36.4 Å². The first-order valence-corrected chi connectivity index (χ1v) is 12.1. The van der Waals surface area contributed by atoms with E-state index in [0.29, 0.717) is 0 Å². The lowest BCUT2D eigenvalue weighted by Crippen LogP contribution is -2.33. The van der Waals surface area contributed by atoms with Gasteiger partial charge < -0.3 is 9.64 Å². The van der Waals surface area contributed by atoms with Crippen LogP contribution in [0.15, 0.2) is 54.7 Å². The van der Waals surface area contributed by atoms with Crippen molar-refractivity contribution in [3.63, 3.8) is 0 Å². The highest BCUT2D eigenvalue weighted by molar-refractivity contribution is 5.87. The second-order valence-electron chi connectivity index (χ2n) is 9.78. The predicted octanol–water partition coefficient (Wildman–Crippen LogP) is 5.46. The maximum Gasteiger partial charge on any atom is 0.145 e. The summed E-state index contributed by atoms with van der Waals surface area (Å²) in [6, 6.07) is 17.9. The Hall–Kier alpha value is -2.43. The quantitative estimate of drug-likeness (QED) is 0.475. The van der Waals surface area contributed by atoms with Crippen molar-refractivity contribution in [1.29, 1.82) is 0 Å². The van der Waals surface area contributed by atoms with Crippen LogP contribution in [0.25, 0.3) is 10.9 Å². The zero-order valence-electron chi connectivity index (χ0n) is 19.5. The van der Waals surface area contributed by atoms with Gasteiger partial charge in [0.2, 0.25) is 0 Å². The SMILES string of the molecule is COc1ccc(CN(C)C[C@H]2C[C@H](c3ccc(CN4CCCC4)cc3)C2)c2cccnc12. The summed E-state index contributed by atoms with van der Waals surface area (Å²) in [4.78, 5) is 9.58. The number of likely N-dealkylation sites (tertiary alicyclic amines) is 1. The van der Waals surface area contributed by atoms with Gasteiger partial charge in [-0.15, -0.1) is 0 Å². The van der Waals surface area contributed by atoms with Crippen molar-refractivity contribution in [2.24, 2.45) is 5.92 Å². The fourth-order valence-electron chi connectivity index (χ4n) is 5.56. The van der Waals surface area contributed by atoms with E-state index in [9.17, 15) is 0 Å². The molecule has 4 heteroatoms. The standard InChI is InChI=1S/C28H35N3O/c1-30(20-24-11-12-27(32-2)28-26(24)6-5-13-29-28)18-22-16-25(17-22)23-9-7-21(8-10-23)19-31-14-3-4-15-31/h5-13,22,25H,3-4,14-20H2,1-2H3/t22-,25-. The van der Waals surface area contributed by atoms with Gasteiger partial charge in [0.25, 0.3) is 0 Å². The van der Waals surface area contributed by atoms with Crippen LogP contribution in [-0.2, 0) is 13.1 Å². The zero-order chi connectivity index (χ0) is 21.9. The van der Waals surface area contributed by atoms with Crippen LogP contribution in [0.4, 0.5) is 0 Å². The molecule has 2 aromatic carbocycles. The van der Waals surface area contributed by atoms with Gasteiger partial charge in [-0.2, -0.15) is 0 Å². The van der Waals surface area contributed by atoms with Gasteiger partial charge in [-0.3, -0.25) is 9.88 Å². The lowest BCUT2D eigenvalue weighted by molar-refractivity contribution is 0.177. The number of benzene rings is 2. The van der Waals surface area contributed by atoms with Gasteiger partial charge in [0.15, 0.2) is 0 Å². The van der Waals surface area contributed by atoms with E-state index in [2.05, 4.69) is 58.2 Å². The number of pyridine rings is 1. The molecule has 1 saturated carbocycles. The average Bonchev–Trinajstić information content (AvgIpc) is 3.30. The Morgan fingerprint density at radius 1 is 1.03 bits per heavy atom. The molecule has 0 atom stereocenters. The van der Waals surface area contributed by atoms with Crippen molar-refractivity contribution in [2.75, 3.05) is 33.8 Å². The molecule has 0 amide bonds. The van der Waals surface area contributed by atoms with Crippen molar-refractivity contribution < 1.29 is 4.74 Å². The van der Waals surface area contributed by atoms with Crippen LogP contribution < -0.4 is 4.74 Å². The molecule has 32 heavy (non-hydrogen) atoms. The molecule has 1 aromatic heterocycles. The lowest BCUT2D eigenvalue weighted by Gasteiger charge is -2.38. The van der Waals surface area contributed by atoms with Crippen molar-refractivity contribution >= 4 is 10.9 Å². The molecule has 4 nitrogen and oxygen atoms in total. The summed E-state index contributed by atoms with van der Waals surface area (Å²) in [5.41, 5.74) is 5.27. The Morgan fingerprint density at radius 2 is 1.81 bits per heavy atom. The van der Waals surface area contributed by atoms with Crippen LogP contribution in [0.1, 0.15) is 48.3 Å². The van der Waals surface area contributed by atoms with E-state index in [1.165, 1.54) is 60.8 Å². The molecule has 3 aromatic rings. The Morgan fingerprint density at radius 3 is 2.56 bits per heavy atom. The predicted molar refractivity (Wildman–Crippen MR) is 131 cm³/mol. The van der Waals surface area contributed by atoms with Crippen LogP contribution in [-0.4, -0.2) is 48.6 Å².